The van der Waals surface area contributed by atoms with Crippen LogP contribution in [0.5, 0.6) is 17.2 Å². The summed E-state index contributed by atoms with van der Waals surface area (Å²) in [7, 11) is 0. The number of aliphatic hydroxyl groups is 1. The zero-order chi connectivity index (χ0) is 24.1. The van der Waals surface area contributed by atoms with Crippen molar-refractivity contribution in [3.63, 3.8) is 0 Å². The summed E-state index contributed by atoms with van der Waals surface area (Å²) in [4.78, 5) is 4.86. The molecule has 0 unspecified atom stereocenters. The molecule has 1 saturated carbocycles. The van der Waals surface area contributed by atoms with Gasteiger partial charge in [0, 0.05) is 23.4 Å². The molecule has 0 bridgehead atoms. The van der Waals surface area contributed by atoms with Gasteiger partial charge in [0.15, 0.2) is 0 Å². The molecule has 35 heavy (non-hydrogen) atoms. The molecule has 0 aliphatic heterocycles. The van der Waals surface area contributed by atoms with Gasteiger partial charge in [-0.3, -0.25) is 0 Å². The van der Waals surface area contributed by atoms with Crippen LogP contribution in [0.4, 0.5) is 0 Å². The third-order valence-electron chi connectivity index (χ3n) is 6.71. The van der Waals surface area contributed by atoms with Crippen molar-refractivity contribution in [3.8, 4) is 17.2 Å². The normalized spacial score (nSPS) is 14.3. The lowest BCUT2D eigenvalue weighted by Crippen LogP contribution is -2.38. The first-order valence-corrected chi connectivity index (χ1v) is 12.2. The van der Waals surface area contributed by atoms with Crippen molar-refractivity contribution in [3.05, 3.63) is 95.7 Å². The molecule has 0 atom stereocenters. The number of fused-ring (bicyclic) bond motifs is 1. The Morgan fingerprint density at radius 1 is 0.829 bits per heavy atom. The van der Waals surface area contributed by atoms with Gasteiger partial charge in [0.2, 0.25) is 0 Å². The predicted molar refractivity (Wildman–Crippen MR) is 137 cm³/mol. The van der Waals surface area contributed by atoms with Gasteiger partial charge in [0.05, 0.1) is 23.4 Å². The highest BCUT2D eigenvalue weighted by Gasteiger charge is 2.33. The van der Waals surface area contributed by atoms with Crippen LogP contribution in [0.3, 0.4) is 0 Å². The van der Waals surface area contributed by atoms with E-state index in [0.717, 1.165) is 58.5 Å². The first-order chi connectivity index (χ1) is 17.1. The van der Waals surface area contributed by atoms with Crippen LogP contribution in [0.25, 0.3) is 10.9 Å². The molecule has 180 valence electrons. The molecule has 5 heteroatoms. The number of ether oxygens (including phenoxy) is 3. The number of hydrogen-bond acceptors (Lipinski definition) is 5. The summed E-state index contributed by atoms with van der Waals surface area (Å²) in [6, 6.07) is 25.8. The third-order valence-corrected chi connectivity index (χ3v) is 6.71. The van der Waals surface area contributed by atoms with E-state index in [4.69, 9.17) is 19.2 Å². The zero-order valence-electron chi connectivity index (χ0n) is 20.1. The van der Waals surface area contributed by atoms with Crippen LogP contribution >= 0.6 is 0 Å². The maximum absolute atomic E-state index is 10.3. The fraction of sp³-hybridized carbons (Fsp3) is 0.300. The molecule has 1 aromatic heterocycles. The second-order valence-corrected chi connectivity index (χ2v) is 9.24. The van der Waals surface area contributed by atoms with Gasteiger partial charge in [0.1, 0.15) is 30.5 Å². The summed E-state index contributed by atoms with van der Waals surface area (Å²) in [5.74, 6) is 2.29. The number of para-hydroxylation sites is 1. The van der Waals surface area contributed by atoms with Gasteiger partial charge in [-0.2, -0.15) is 0 Å². The molecule has 0 spiro atoms. The number of hydrogen-bond donors (Lipinski definition) is 1. The Hall–Kier alpha value is -3.57. The predicted octanol–water partition coefficient (Wildman–Crippen LogP) is 6.39. The van der Waals surface area contributed by atoms with Crippen molar-refractivity contribution >= 4 is 10.9 Å². The molecule has 1 aliphatic rings. The molecule has 1 heterocycles. The van der Waals surface area contributed by atoms with Crippen molar-refractivity contribution in [2.45, 2.75) is 51.4 Å². The number of rotatable bonds is 10. The first kappa shape index (κ1) is 23.2. The number of aromatic nitrogens is 1. The topological polar surface area (TPSA) is 60.8 Å². The van der Waals surface area contributed by atoms with Crippen molar-refractivity contribution < 1.29 is 19.3 Å². The lowest BCUT2D eigenvalue weighted by Gasteiger charge is -2.36. The van der Waals surface area contributed by atoms with Crippen LogP contribution in [-0.4, -0.2) is 22.3 Å². The van der Waals surface area contributed by atoms with Gasteiger partial charge < -0.3 is 19.3 Å². The Morgan fingerprint density at radius 2 is 1.57 bits per heavy atom. The van der Waals surface area contributed by atoms with Gasteiger partial charge in [-0.15, -0.1) is 0 Å². The first-order valence-electron chi connectivity index (χ1n) is 12.2. The molecule has 4 aromatic rings. The number of nitrogens with zero attached hydrogens (tertiary/aromatic N) is 1. The molecule has 1 fully saturated rings. The van der Waals surface area contributed by atoms with Gasteiger partial charge in [0.25, 0.3) is 0 Å². The van der Waals surface area contributed by atoms with Gasteiger partial charge in [-0.25, -0.2) is 4.98 Å². The smallest absolute Gasteiger partial charge is 0.134 e. The van der Waals surface area contributed by atoms with Crippen LogP contribution < -0.4 is 14.2 Å². The molecule has 5 rings (SSSR count). The molecule has 1 N–H and O–H groups in total. The summed E-state index contributed by atoms with van der Waals surface area (Å²) < 4.78 is 18.3. The van der Waals surface area contributed by atoms with E-state index in [2.05, 4.69) is 12.1 Å². The van der Waals surface area contributed by atoms with Crippen molar-refractivity contribution in [1.82, 2.24) is 4.98 Å². The maximum atomic E-state index is 10.3. The Labute approximate surface area is 206 Å². The van der Waals surface area contributed by atoms with Crippen LogP contribution in [-0.2, 0) is 13.2 Å². The van der Waals surface area contributed by atoms with Crippen molar-refractivity contribution in [2.24, 2.45) is 0 Å². The lowest BCUT2D eigenvalue weighted by atomic mass is 9.78. The van der Waals surface area contributed by atoms with E-state index in [1.54, 1.807) is 0 Å². The van der Waals surface area contributed by atoms with E-state index in [0.29, 0.717) is 32.0 Å². The summed E-state index contributed by atoms with van der Waals surface area (Å²) in [6.45, 7) is 3.34. The number of pyridine rings is 1. The number of benzene rings is 3. The van der Waals surface area contributed by atoms with Crippen LogP contribution in [0, 0.1) is 6.92 Å². The minimum Gasteiger partial charge on any atom is -0.493 e. The average molecular weight is 470 g/mol. The zero-order valence-corrected chi connectivity index (χ0v) is 20.1. The van der Waals surface area contributed by atoms with Gasteiger partial charge >= 0.3 is 0 Å². The van der Waals surface area contributed by atoms with Crippen LogP contribution in [0.2, 0.25) is 0 Å². The van der Waals surface area contributed by atoms with E-state index in [1.165, 1.54) is 0 Å². The summed E-state index contributed by atoms with van der Waals surface area (Å²) in [6.07, 6.45) is 3.49. The summed E-state index contributed by atoms with van der Waals surface area (Å²) in [5.41, 5.74) is 3.27. The lowest BCUT2D eigenvalue weighted by molar-refractivity contribution is -0.0482. The highest BCUT2D eigenvalue weighted by atomic mass is 16.5. The van der Waals surface area contributed by atoms with E-state index in [9.17, 15) is 5.11 Å². The maximum Gasteiger partial charge on any atom is 0.134 e. The fourth-order valence-electron chi connectivity index (χ4n) is 4.38. The molecule has 0 amide bonds. The molecule has 0 radical (unpaired) electrons. The summed E-state index contributed by atoms with van der Waals surface area (Å²) >= 11 is 0. The summed E-state index contributed by atoms with van der Waals surface area (Å²) in [5, 5.41) is 11.3. The minimum atomic E-state index is -0.534. The monoisotopic (exact) mass is 469 g/mol. The molecule has 5 nitrogen and oxygen atoms in total. The van der Waals surface area contributed by atoms with Crippen molar-refractivity contribution in [2.75, 3.05) is 6.61 Å². The molecule has 0 saturated heterocycles. The van der Waals surface area contributed by atoms with E-state index in [1.807, 2.05) is 73.7 Å². The standard InChI is InChI=1S/C30H31NO4/c1-22-28(21-34-25-12-7-11-24(19-25)33-18-17-30(32)15-8-16-30)31-27-14-6-5-13-26(27)29(22)35-20-23-9-3-2-4-10-23/h2-7,9-14,19,32H,8,15-18,20-21H2,1H3. The van der Waals surface area contributed by atoms with Gasteiger partial charge in [-0.1, -0.05) is 48.5 Å². The van der Waals surface area contributed by atoms with Crippen LogP contribution in [0.1, 0.15) is 42.5 Å². The second-order valence-electron chi connectivity index (χ2n) is 9.24. The molecule has 1 aliphatic carbocycles. The van der Waals surface area contributed by atoms with E-state index < -0.39 is 5.60 Å². The Morgan fingerprint density at radius 3 is 2.34 bits per heavy atom. The largest absolute Gasteiger partial charge is 0.493 e. The Balaban J connectivity index is 1.29. The quantitative estimate of drug-likeness (QED) is 0.292. The minimum absolute atomic E-state index is 0.321. The molecule has 3 aromatic carbocycles. The molecular weight excluding hydrogens is 438 g/mol. The Kier molecular flexibility index (Phi) is 6.87. The van der Waals surface area contributed by atoms with Crippen molar-refractivity contribution in [1.29, 1.82) is 0 Å². The van der Waals surface area contributed by atoms with E-state index >= 15 is 0 Å². The van der Waals surface area contributed by atoms with Crippen LogP contribution in [0.15, 0.2) is 78.9 Å². The fourth-order valence-corrected chi connectivity index (χ4v) is 4.38. The Bertz CT molecular complexity index is 1280. The highest BCUT2D eigenvalue weighted by molar-refractivity contribution is 5.86. The molecular formula is C30H31NO4. The van der Waals surface area contributed by atoms with Gasteiger partial charge in [-0.05, 0) is 56.0 Å². The SMILES string of the molecule is Cc1c(COc2cccc(OCCC3(O)CCC3)c2)nc2ccccc2c1OCc1ccccc1. The highest BCUT2D eigenvalue weighted by Crippen LogP contribution is 2.35. The second kappa shape index (κ2) is 10.4. The third kappa shape index (κ3) is 5.57. The van der Waals surface area contributed by atoms with E-state index in [-0.39, 0.29) is 0 Å². The average Bonchev–Trinajstić information content (AvgIpc) is 2.87.